The lowest BCUT2D eigenvalue weighted by atomic mass is 10.00. The van der Waals surface area contributed by atoms with Gasteiger partial charge < -0.3 is 15.9 Å². The number of amidine groups is 1. The zero-order valence-corrected chi connectivity index (χ0v) is 12.0. The van der Waals surface area contributed by atoms with Crippen LogP contribution in [0.15, 0.2) is 16.4 Å². The Balaban J connectivity index is 3.08. The van der Waals surface area contributed by atoms with Crippen LogP contribution in [0, 0.1) is 0 Å². The maximum absolute atomic E-state index is 12.2. The van der Waals surface area contributed by atoms with Crippen LogP contribution < -0.4 is 10.5 Å². The maximum atomic E-state index is 12.2. The van der Waals surface area contributed by atoms with Gasteiger partial charge in [0.15, 0.2) is 10.9 Å². The Morgan fingerprint density at radius 2 is 2.26 bits per heavy atom. The van der Waals surface area contributed by atoms with Gasteiger partial charge in [-0.1, -0.05) is 19.0 Å². The van der Waals surface area contributed by atoms with Crippen LogP contribution in [0.5, 0.6) is 0 Å². The summed E-state index contributed by atoms with van der Waals surface area (Å²) in [7, 11) is -3.81. The average molecular weight is 289 g/mol. The van der Waals surface area contributed by atoms with Crippen LogP contribution >= 0.6 is 0 Å². The maximum Gasteiger partial charge on any atom is 0.258 e. The van der Waals surface area contributed by atoms with Crippen LogP contribution in [-0.4, -0.2) is 35.0 Å². The highest BCUT2D eigenvalue weighted by atomic mass is 32.2. The molecule has 0 spiro atoms. The summed E-state index contributed by atoms with van der Waals surface area (Å²) < 4.78 is 26.8. The second kappa shape index (κ2) is 5.57. The molecule has 0 saturated heterocycles. The Morgan fingerprint density at radius 1 is 1.63 bits per heavy atom. The van der Waals surface area contributed by atoms with E-state index in [9.17, 15) is 8.42 Å². The largest absolute Gasteiger partial charge is 0.409 e. The van der Waals surface area contributed by atoms with E-state index in [1.807, 2.05) is 6.92 Å². The van der Waals surface area contributed by atoms with Gasteiger partial charge in [-0.15, -0.1) is 0 Å². The van der Waals surface area contributed by atoms with Gasteiger partial charge in [0.2, 0.25) is 0 Å². The third-order valence-electron chi connectivity index (χ3n) is 2.97. The quantitative estimate of drug-likeness (QED) is 0.256. The molecule has 1 rings (SSSR count). The minimum atomic E-state index is -3.81. The van der Waals surface area contributed by atoms with Gasteiger partial charge in [0.05, 0.1) is 11.7 Å². The Bertz CT molecular complexity index is 565. The van der Waals surface area contributed by atoms with Crippen molar-refractivity contribution in [3.8, 4) is 0 Å². The molecule has 0 bridgehead atoms. The summed E-state index contributed by atoms with van der Waals surface area (Å²) in [6, 6.07) is 0. The number of aromatic nitrogens is 2. The van der Waals surface area contributed by atoms with E-state index in [1.165, 1.54) is 13.1 Å². The van der Waals surface area contributed by atoms with Crippen molar-refractivity contribution < 1.29 is 13.6 Å². The summed E-state index contributed by atoms with van der Waals surface area (Å²) >= 11 is 0. The topological polar surface area (TPSA) is 133 Å². The van der Waals surface area contributed by atoms with Crippen molar-refractivity contribution in [1.29, 1.82) is 0 Å². The molecule has 108 valence electrons. The predicted molar refractivity (Wildman–Crippen MR) is 70.4 cm³/mol. The number of nitrogens with two attached hydrogens (primary N) is 1. The number of oxime groups is 1. The molecular weight excluding hydrogens is 270 g/mol. The molecule has 8 nitrogen and oxygen atoms in total. The Hall–Kier alpha value is -1.61. The first kappa shape index (κ1) is 15.4. The number of hydrogen-bond acceptors (Lipinski definition) is 5. The number of aryl methyl sites for hydroxylation is 1. The van der Waals surface area contributed by atoms with E-state index in [0.717, 1.165) is 0 Å². The molecule has 5 N–H and O–H groups in total. The number of nitrogens with one attached hydrogen (secondary N) is 2. The normalized spacial score (nSPS) is 16.3. The number of hydrogen-bond donors (Lipinski definition) is 4. The first-order chi connectivity index (χ1) is 8.79. The average Bonchev–Trinajstić information content (AvgIpc) is 2.86. The molecule has 0 fully saturated rings. The van der Waals surface area contributed by atoms with Crippen molar-refractivity contribution in [3.05, 3.63) is 12.0 Å². The Morgan fingerprint density at radius 3 is 2.68 bits per heavy atom. The standard InChI is InChI=1S/C10H19N5O3S/c1-4-7-12-6-8(13-7)19(17,18)15-10(3,5-2)9(11)14-16/h6,15-16H,4-5H2,1-3H3,(H2,11,14)(H,12,13). The van der Waals surface area contributed by atoms with Crippen LogP contribution in [0.3, 0.4) is 0 Å². The highest BCUT2D eigenvalue weighted by Gasteiger charge is 2.34. The Kier molecular flexibility index (Phi) is 4.53. The first-order valence-corrected chi connectivity index (χ1v) is 7.33. The number of H-pyrrole nitrogens is 1. The smallest absolute Gasteiger partial charge is 0.258 e. The summed E-state index contributed by atoms with van der Waals surface area (Å²) in [6.07, 6.45) is 2.17. The van der Waals surface area contributed by atoms with Crippen LogP contribution in [0.1, 0.15) is 33.0 Å². The zero-order valence-electron chi connectivity index (χ0n) is 11.1. The van der Waals surface area contributed by atoms with Gasteiger partial charge in [0.1, 0.15) is 5.82 Å². The van der Waals surface area contributed by atoms with Gasteiger partial charge in [-0.05, 0) is 13.3 Å². The van der Waals surface area contributed by atoms with Gasteiger partial charge >= 0.3 is 0 Å². The Labute approximate surface area is 112 Å². The van der Waals surface area contributed by atoms with Crippen LogP contribution in [0.2, 0.25) is 0 Å². The lowest BCUT2D eigenvalue weighted by Gasteiger charge is -2.27. The van der Waals surface area contributed by atoms with Crippen molar-refractivity contribution in [3.63, 3.8) is 0 Å². The van der Waals surface area contributed by atoms with Gasteiger partial charge in [0.25, 0.3) is 10.0 Å². The number of aromatic amines is 1. The van der Waals surface area contributed by atoms with Gasteiger partial charge in [-0.2, -0.15) is 4.72 Å². The van der Waals surface area contributed by atoms with Crippen molar-refractivity contribution in [1.82, 2.24) is 14.7 Å². The molecule has 0 amide bonds. The van der Waals surface area contributed by atoms with Crippen molar-refractivity contribution in [2.45, 2.75) is 44.2 Å². The summed E-state index contributed by atoms with van der Waals surface area (Å²) in [6.45, 7) is 5.12. The molecule has 1 aromatic heterocycles. The number of rotatable bonds is 6. The fourth-order valence-electron chi connectivity index (χ4n) is 1.43. The van der Waals surface area contributed by atoms with E-state index < -0.39 is 15.6 Å². The summed E-state index contributed by atoms with van der Waals surface area (Å²) in [4.78, 5) is 6.64. The highest BCUT2D eigenvalue weighted by molar-refractivity contribution is 7.89. The van der Waals surface area contributed by atoms with E-state index >= 15 is 0 Å². The molecule has 0 radical (unpaired) electrons. The molecule has 0 aliphatic rings. The minimum absolute atomic E-state index is 0.0465. The van der Waals surface area contributed by atoms with E-state index in [0.29, 0.717) is 18.7 Å². The summed E-state index contributed by atoms with van der Waals surface area (Å²) in [5.41, 5.74) is 4.36. The SMILES string of the molecule is CCc1ncc(S(=O)(=O)NC(C)(CC)C(N)=NO)[nH]1. The van der Waals surface area contributed by atoms with Crippen LogP contribution in [0.25, 0.3) is 0 Å². The minimum Gasteiger partial charge on any atom is -0.409 e. The molecule has 0 saturated carbocycles. The third kappa shape index (κ3) is 3.24. The molecule has 0 aliphatic carbocycles. The molecule has 1 atom stereocenters. The second-order valence-corrected chi connectivity index (χ2v) is 5.97. The number of imidazole rings is 1. The van der Waals surface area contributed by atoms with E-state index in [4.69, 9.17) is 10.9 Å². The summed E-state index contributed by atoms with van der Waals surface area (Å²) in [5.74, 6) is 0.371. The summed E-state index contributed by atoms with van der Waals surface area (Å²) in [5, 5.41) is 11.5. The molecule has 9 heteroatoms. The second-order valence-electron chi connectivity index (χ2n) is 4.32. The number of sulfonamides is 1. The molecule has 1 aromatic rings. The van der Waals surface area contributed by atoms with E-state index in [1.54, 1.807) is 6.92 Å². The number of nitrogens with zero attached hydrogens (tertiary/aromatic N) is 2. The highest BCUT2D eigenvalue weighted by Crippen LogP contribution is 2.15. The molecule has 0 aromatic carbocycles. The molecule has 1 unspecified atom stereocenters. The monoisotopic (exact) mass is 289 g/mol. The van der Waals surface area contributed by atoms with Crippen molar-refractivity contribution in [2.24, 2.45) is 10.9 Å². The molecular formula is C10H19N5O3S. The third-order valence-corrected chi connectivity index (χ3v) is 4.48. The molecule has 1 heterocycles. The van der Waals surface area contributed by atoms with Gasteiger partial charge in [-0.3, -0.25) is 0 Å². The zero-order chi connectivity index (χ0) is 14.7. The van der Waals surface area contributed by atoms with Gasteiger partial charge in [0, 0.05) is 6.42 Å². The van der Waals surface area contributed by atoms with Crippen LogP contribution in [0.4, 0.5) is 0 Å². The van der Waals surface area contributed by atoms with Gasteiger partial charge in [-0.25, -0.2) is 13.4 Å². The fraction of sp³-hybridized carbons (Fsp3) is 0.600. The molecule has 0 aliphatic heterocycles. The van der Waals surface area contributed by atoms with Crippen LogP contribution in [-0.2, 0) is 16.4 Å². The fourth-order valence-corrected chi connectivity index (χ4v) is 2.82. The lowest BCUT2D eigenvalue weighted by molar-refractivity contribution is 0.310. The van der Waals surface area contributed by atoms with Crippen molar-refractivity contribution in [2.75, 3.05) is 0 Å². The predicted octanol–water partition coefficient (Wildman–Crippen LogP) is 0.166. The molecule has 19 heavy (non-hydrogen) atoms. The van der Waals surface area contributed by atoms with Crippen molar-refractivity contribution >= 4 is 15.9 Å². The first-order valence-electron chi connectivity index (χ1n) is 5.85. The lowest BCUT2D eigenvalue weighted by Crippen LogP contribution is -2.54. The van der Waals surface area contributed by atoms with E-state index in [-0.39, 0.29) is 10.9 Å². The van der Waals surface area contributed by atoms with E-state index in [2.05, 4.69) is 19.8 Å².